The van der Waals surface area contributed by atoms with Crippen LogP contribution in [0.4, 0.5) is 5.69 Å². The van der Waals surface area contributed by atoms with Gasteiger partial charge in [-0.25, -0.2) is 0 Å². The molecule has 0 atom stereocenters. The topological polar surface area (TPSA) is 24.7 Å². The lowest BCUT2D eigenvalue weighted by Gasteiger charge is -2.06. The van der Waals surface area contributed by atoms with Gasteiger partial charge >= 0.3 is 0 Å². The zero-order chi connectivity index (χ0) is 10.6. The first kappa shape index (κ1) is 10.6. The van der Waals surface area contributed by atoms with Crippen molar-refractivity contribution in [3.05, 3.63) is 29.3 Å². The molecule has 0 bridgehead atoms. The molecule has 0 radical (unpaired) electrons. The molecule has 0 aromatic heterocycles. The number of benzene rings is 1. The number of aliphatic imine (C=N–C) groups is 2. The SMILES string of the molecule is C=Nc1ccc(CC)cc1C(C)=NC. The van der Waals surface area contributed by atoms with Crippen LogP contribution < -0.4 is 0 Å². The zero-order valence-corrected chi connectivity index (χ0v) is 9.04. The first-order valence-electron chi connectivity index (χ1n) is 4.76. The predicted octanol–water partition coefficient (Wildman–Crippen LogP) is 3.02. The van der Waals surface area contributed by atoms with Crippen molar-refractivity contribution in [3.63, 3.8) is 0 Å². The highest BCUT2D eigenvalue weighted by atomic mass is 14.7. The zero-order valence-electron chi connectivity index (χ0n) is 9.04. The Morgan fingerprint density at radius 3 is 2.64 bits per heavy atom. The smallest absolute Gasteiger partial charge is 0.0712 e. The van der Waals surface area contributed by atoms with Crippen LogP contribution in [0, 0.1) is 0 Å². The summed E-state index contributed by atoms with van der Waals surface area (Å²) in [6.45, 7) is 7.69. The Balaban J connectivity index is 3.28. The van der Waals surface area contributed by atoms with Crippen LogP contribution in [0.25, 0.3) is 0 Å². The average molecular weight is 188 g/mol. The third kappa shape index (κ3) is 2.08. The standard InChI is InChI=1S/C12H16N2/c1-5-10-6-7-12(14-4)11(8-10)9(2)13-3/h6-8H,4-5H2,1-3H3. The van der Waals surface area contributed by atoms with E-state index in [4.69, 9.17) is 0 Å². The van der Waals surface area contributed by atoms with Crippen LogP contribution in [-0.2, 0) is 6.42 Å². The van der Waals surface area contributed by atoms with Gasteiger partial charge < -0.3 is 0 Å². The van der Waals surface area contributed by atoms with E-state index in [1.807, 2.05) is 13.0 Å². The summed E-state index contributed by atoms with van der Waals surface area (Å²) in [4.78, 5) is 8.16. The molecule has 0 amide bonds. The number of hydrogen-bond donors (Lipinski definition) is 0. The van der Waals surface area contributed by atoms with Gasteiger partial charge in [0.25, 0.3) is 0 Å². The monoisotopic (exact) mass is 188 g/mol. The molecule has 14 heavy (non-hydrogen) atoms. The van der Waals surface area contributed by atoms with Crippen molar-refractivity contribution in [2.45, 2.75) is 20.3 Å². The van der Waals surface area contributed by atoms with Gasteiger partial charge in [-0.05, 0) is 37.8 Å². The summed E-state index contributed by atoms with van der Waals surface area (Å²) in [5, 5.41) is 0. The molecular formula is C12H16N2. The van der Waals surface area contributed by atoms with Crippen LogP contribution in [0.2, 0.25) is 0 Å². The van der Waals surface area contributed by atoms with Crippen LogP contribution >= 0.6 is 0 Å². The molecule has 0 aliphatic rings. The molecular weight excluding hydrogens is 172 g/mol. The van der Waals surface area contributed by atoms with Crippen LogP contribution in [0.1, 0.15) is 25.0 Å². The quantitative estimate of drug-likeness (QED) is 0.651. The molecule has 1 rings (SSSR count). The Bertz CT molecular complexity index is 365. The molecule has 0 saturated heterocycles. The van der Waals surface area contributed by atoms with Gasteiger partial charge in [-0.1, -0.05) is 13.0 Å². The van der Waals surface area contributed by atoms with Crippen molar-refractivity contribution in [1.82, 2.24) is 0 Å². The third-order valence-electron chi connectivity index (χ3n) is 2.36. The Morgan fingerprint density at radius 2 is 2.14 bits per heavy atom. The molecule has 0 saturated carbocycles. The normalized spacial score (nSPS) is 11.5. The molecule has 0 N–H and O–H groups in total. The summed E-state index contributed by atoms with van der Waals surface area (Å²) in [5.41, 5.74) is 4.30. The molecule has 74 valence electrons. The maximum Gasteiger partial charge on any atom is 0.0712 e. The van der Waals surface area contributed by atoms with E-state index < -0.39 is 0 Å². The highest BCUT2D eigenvalue weighted by molar-refractivity contribution is 6.03. The fourth-order valence-corrected chi connectivity index (χ4v) is 1.35. The lowest BCUT2D eigenvalue weighted by atomic mass is 10.0. The molecule has 2 nitrogen and oxygen atoms in total. The molecule has 0 aliphatic heterocycles. The summed E-state index contributed by atoms with van der Waals surface area (Å²) in [5.74, 6) is 0. The second kappa shape index (κ2) is 4.70. The van der Waals surface area contributed by atoms with E-state index in [0.29, 0.717) is 0 Å². The third-order valence-corrected chi connectivity index (χ3v) is 2.36. The molecule has 0 fully saturated rings. The molecule has 0 spiro atoms. The van der Waals surface area contributed by atoms with Gasteiger partial charge in [0.05, 0.1) is 5.69 Å². The van der Waals surface area contributed by atoms with Crippen LogP contribution in [0.3, 0.4) is 0 Å². The predicted molar refractivity (Wildman–Crippen MR) is 63.2 cm³/mol. The van der Waals surface area contributed by atoms with Gasteiger partial charge in [0.1, 0.15) is 0 Å². The Hall–Kier alpha value is -1.44. The van der Waals surface area contributed by atoms with Crippen molar-refractivity contribution in [2.75, 3.05) is 7.05 Å². The fraction of sp³-hybridized carbons (Fsp3) is 0.333. The highest BCUT2D eigenvalue weighted by Crippen LogP contribution is 2.21. The van der Waals surface area contributed by atoms with E-state index in [0.717, 1.165) is 23.4 Å². The van der Waals surface area contributed by atoms with Crippen molar-refractivity contribution >= 4 is 18.1 Å². The average Bonchev–Trinajstić information content (AvgIpc) is 2.27. The van der Waals surface area contributed by atoms with Gasteiger partial charge in [0.15, 0.2) is 0 Å². The number of nitrogens with zero attached hydrogens (tertiary/aromatic N) is 2. The maximum atomic E-state index is 4.17. The Labute approximate surface area is 85.4 Å². The lowest BCUT2D eigenvalue weighted by molar-refractivity contribution is 1.14. The Kier molecular flexibility index (Phi) is 3.57. The summed E-state index contributed by atoms with van der Waals surface area (Å²) >= 11 is 0. The van der Waals surface area contributed by atoms with Crippen LogP contribution in [0.5, 0.6) is 0 Å². The summed E-state index contributed by atoms with van der Waals surface area (Å²) in [6.07, 6.45) is 1.03. The van der Waals surface area contributed by atoms with Crippen LogP contribution in [0.15, 0.2) is 28.2 Å². The highest BCUT2D eigenvalue weighted by Gasteiger charge is 2.04. The van der Waals surface area contributed by atoms with E-state index in [1.54, 1.807) is 7.05 Å². The van der Waals surface area contributed by atoms with E-state index in [-0.39, 0.29) is 0 Å². The number of rotatable bonds is 3. The second-order valence-corrected chi connectivity index (χ2v) is 3.17. The number of aryl methyl sites for hydroxylation is 1. The first-order valence-corrected chi connectivity index (χ1v) is 4.76. The molecule has 1 aromatic rings. The van der Waals surface area contributed by atoms with E-state index in [2.05, 4.69) is 35.8 Å². The fourth-order valence-electron chi connectivity index (χ4n) is 1.35. The first-order chi connectivity index (χ1) is 6.72. The van der Waals surface area contributed by atoms with Crippen molar-refractivity contribution in [1.29, 1.82) is 0 Å². The summed E-state index contributed by atoms with van der Waals surface area (Å²) in [7, 11) is 1.79. The minimum absolute atomic E-state index is 0.908. The van der Waals surface area contributed by atoms with Gasteiger partial charge in [-0.2, -0.15) is 0 Å². The Morgan fingerprint density at radius 1 is 1.43 bits per heavy atom. The van der Waals surface area contributed by atoms with Gasteiger partial charge in [-0.15, -0.1) is 0 Å². The second-order valence-electron chi connectivity index (χ2n) is 3.17. The minimum Gasteiger partial charge on any atom is -0.293 e. The molecule has 2 heteroatoms. The maximum absolute atomic E-state index is 4.17. The summed E-state index contributed by atoms with van der Waals surface area (Å²) in [6, 6.07) is 6.21. The van der Waals surface area contributed by atoms with Gasteiger partial charge in [0.2, 0.25) is 0 Å². The van der Waals surface area contributed by atoms with Gasteiger partial charge in [0, 0.05) is 18.3 Å². The van der Waals surface area contributed by atoms with Crippen molar-refractivity contribution < 1.29 is 0 Å². The van der Waals surface area contributed by atoms with Gasteiger partial charge in [-0.3, -0.25) is 9.98 Å². The largest absolute Gasteiger partial charge is 0.293 e. The van der Waals surface area contributed by atoms with Crippen LogP contribution in [-0.4, -0.2) is 19.5 Å². The lowest BCUT2D eigenvalue weighted by Crippen LogP contribution is -1.96. The molecule has 0 aliphatic carbocycles. The van der Waals surface area contributed by atoms with E-state index >= 15 is 0 Å². The minimum atomic E-state index is 0.908. The van der Waals surface area contributed by atoms with Crippen molar-refractivity contribution in [2.24, 2.45) is 9.98 Å². The molecule has 1 aromatic carbocycles. The van der Waals surface area contributed by atoms with Crippen molar-refractivity contribution in [3.8, 4) is 0 Å². The van der Waals surface area contributed by atoms with E-state index in [9.17, 15) is 0 Å². The molecule has 0 heterocycles. The molecule has 0 unspecified atom stereocenters. The summed E-state index contributed by atoms with van der Waals surface area (Å²) < 4.78 is 0. The number of hydrogen-bond acceptors (Lipinski definition) is 2. The van der Waals surface area contributed by atoms with E-state index in [1.165, 1.54) is 5.56 Å².